The van der Waals surface area contributed by atoms with E-state index in [0.29, 0.717) is 22.7 Å². The van der Waals surface area contributed by atoms with E-state index in [1.165, 1.54) is 12.1 Å². The first-order valence-corrected chi connectivity index (χ1v) is 10.5. The molecule has 0 saturated carbocycles. The fraction of sp³-hybridized carbons (Fsp3) is 0.0952. The van der Waals surface area contributed by atoms with E-state index in [0.717, 1.165) is 11.8 Å². The van der Waals surface area contributed by atoms with Gasteiger partial charge in [0.2, 0.25) is 10.0 Å². The van der Waals surface area contributed by atoms with E-state index in [1.54, 1.807) is 60.7 Å². The van der Waals surface area contributed by atoms with Gasteiger partial charge in [0.1, 0.15) is 18.2 Å². The van der Waals surface area contributed by atoms with Gasteiger partial charge in [-0.3, -0.25) is 9.52 Å². The van der Waals surface area contributed by atoms with Crippen molar-refractivity contribution in [2.45, 2.75) is 6.61 Å². The first-order valence-electron chi connectivity index (χ1n) is 8.65. The van der Waals surface area contributed by atoms with Crippen molar-refractivity contribution in [3.8, 4) is 5.75 Å². The molecule has 0 saturated heterocycles. The van der Waals surface area contributed by atoms with Gasteiger partial charge in [-0.05, 0) is 60.2 Å². The van der Waals surface area contributed by atoms with Crippen molar-refractivity contribution >= 4 is 27.3 Å². The highest BCUT2D eigenvalue weighted by molar-refractivity contribution is 7.92. The maximum atomic E-state index is 12.9. The van der Waals surface area contributed by atoms with Crippen molar-refractivity contribution in [2.75, 3.05) is 16.3 Å². The van der Waals surface area contributed by atoms with Gasteiger partial charge in [0.05, 0.1) is 6.26 Å². The van der Waals surface area contributed by atoms with Crippen molar-refractivity contribution in [1.29, 1.82) is 0 Å². The average Bonchev–Trinajstić information content (AvgIpc) is 2.68. The van der Waals surface area contributed by atoms with Crippen LogP contribution in [0.2, 0.25) is 0 Å². The lowest BCUT2D eigenvalue weighted by Gasteiger charge is -2.10. The molecule has 150 valence electrons. The number of benzene rings is 3. The fourth-order valence-electron chi connectivity index (χ4n) is 2.51. The van der Waals surface area contributed by atoms with Crippen LogP contribution < -0.4 is 14.8 Å². The van der Waals surface area contributed by atoms with Crippen LogP contribution in [-0.2, 0) is 16.6 Å². The molecule has 3 aromatic rings. The number of carbonyl (C=O) groups excluding carboxylic acids is 1. The largest absolute Gasteiger partial charge is 0.489 e. The van der Waals surface area contributed by atoms with Gasteiger partial charge in [-0.15, -0.1) is 0 Å². The van der Waals surface area contributed by atoms with Crippen molar-refractivity contribution < 1.29 is 22.3 Å². The highest BCUT2D eigenvalue weighted by Crippen LogP contribution is 2.18. The van der Waals surface area contributed by atoms with Gasteiger partial charge in [0, 0.05) is 16.9 Å². The SMILES string of the molecule is CS(=O)(=O)Nc1ccc(NC(=O)c2cccc(OCc3ccc(F)cc3)c2)cc1. The number of nitrogens with one attached hydrogen (secondary N) is 2. The summed E-state index contributed by atoms with van der Waals surface area (Å²) < 4.78 is 43.4. The van der Waals surface area contributed by atoms with Crippen molar-refractivity contribution in [3.63, 3.8) is 0 Å². The van der Waals surface area contributed by atoms with Crippen LogP contribution in [0, 0.1) is 5.82 Å². The Morgan fingerprint density at radius 3 is 2.28 bits per heavy atom. The predicted octanol–water partition coefficient (Wildman–Crippen LogP) is 4.03. The number of hydrogen-bond donors (Lipinski definition) is 2. The van der Waals surface area contributed by atoms with Gasteiger partial charge >= 0.3 is 0 Å². The first kappa shape index (κ1) is 20.3. The topological polar surface area (TPSA) is 84.5 Å². The predicted molar refractivity (Wildman–Crippen MR) is 110 cm³/mol. The molecule has 2 N–H and O–H groups in total. The van der Waals surface area contributed by atoms with E-state index in [9.17, 15) is 17.6 Å². The molecule has 29 heavy (non-hydrogen) atoms. The zero-order valence-corrected chi connectivity index (χ0v) is 16.4. The number of ether oxygens (including phenoxy) is 1. The summed E-state index contributed by atoms with van der Waals surface area (Å²) in [6, 6.07) is 19.0. The Morgan fingerprint density at radius 1 is 0.966 bits per heavy atom. The number of anilines is 2. The maximum absolute atomic E-state index is 12.9. The molecule has 0 fully saturated rings. The number of hydrogen-bond acceptors (Lipinski definition) is 4. The Kier molecular flexibility index (Phi) is 6.13. The first-order chi connectivity index (χ1) is 13.8. The summed E-state index contributed by atoms with van der Waals surface area (Å²) in [6.45, 7) is 0.250. The standard InChI is InChI=1S/C21H19FN2O4S/c1-29(26,27)24-19-11-9-18(10-12-19)23-21(25)16-3-2-4-20(13-16)28-14-15-5-7-17(22)8-6-15/h2-13,24H,14H2,1H3,(H,23,25). The molecule has 1 amide bonds. The molecule has 0 aliphatic rings. The fourth-order valence-corrected chi connectivity index (χ4v) is 3.08. The molecular weight excluding hydrogens is 395 g/mol. The highest BCUT2D eigenvalue weighted by atomic mass is 32.2. The quantitative estimate of drug-likeness (QED) is 0.611. The van der Waals surface area contributed by atoms with E-state index in [-0.39, 0.29) is 18.3 Å². The zero-order valence-electron chi connectivity index (χ0n) is 15.6. The minimum Gasteiger partial charge on any atom is -0.489 e. The molecule has 0 unspecified atom stereocenters. The lowest BCUT2D eigenvalue weighted by atomic mass is 10.2. The maximum Gasteiger partial charge on any atom is 0.255 e. The zero-order chi connectivity index (χ0) is 20.9. The van der Waals surface area contributed by atoms with Gasteiger partial charge in [-0.25, -0.2) is 12.8 Å². The van der Waals surface area contributed by atoms with Crippen LogP contribution in [0.1, 0.15) is 15.9 Å². The van der Waals surface area contributed by atoms with E-state index in [4.69, 9.17) is 4.74 Å². The summed E-state index contributed by atoms with van der Waals surface area (Å²) in [5, 5.41) is 2.74. The third-order valence-electron chi connectivity index (χ3n) is 3.86. The van der Waals surface area contributed by atoms with Crippen LogP contribution in [0.25, 0.3) is 0 Å². The Hall–Kier alpha value is -3.39. The number of halogens is 1. The molecular formula is C21H19FN2O4S. The van der Waals surface area contributed by atoms with Gasteiger partial charge < -0.3 is 10.1 Å². The normalized spacial score (nSPS) is 11.0. The van der Waals surface area contributed by atoms with Crippen molar-refractivity contribution in [1.82, 2.24) is 0 Å². The van der Waals surface area contributed by atoms with Gasteiger partial charge in [0.25, 0.3) is 5.91 Å². The molecule has 0 aromatic heterocycles. The van der Waals surface area contributed by atoms with Crippen LogP contribution >= 0.6 is 0 Å². The van der Waals surface area contributed by atoms with Crippen LogP contribution in [0.5, 0.6) is 5.75 Å². The lowest BCUT2D eigenvalue weighted by molar-refractivity contribution is 0.102. The van der Waals surface area contributed by atoms with E-state index < -0.39 is 10.0 Å². The van der Waals surface area contributed by atoms with Gasteiger partial charge in [0.15, 0.2) is 0 Å². The van der Waals surface area contributed by atoms with E-state index in [1.807, 2.05) is 0 Å². The van der Waals surface area contributed by atoms with Crippen molar-refractivity contribution in [3.05, 3.63) is 89.7 Å². The number of carbonyl (C=O) groups is 1. The highest BCUT2D eigenvalue weighted by Gasteiger charge is 2.08. The van der Waals surface area contributed by atoms with Gasteiger partial charge in [-0.1, -0.05) is 18.2 Å². The second-order valence-electron chi connectivity index (χ2n) is 6.35. The van der Waals surface area contributed by atoms with Crippen LogP contribution in [0.4, 0.5) is 15.8 Å². The van der Waals surface area contributed by atoms with Crippen LogP contribution in [0.3, 0.4) is 0 Å². The third-order valence-corrected chi connectivity index (χ3v) is 4.47. The Bertz CT molecular complexity index is 1100. The molecule has 0 aliphatic carbocycles. The third kappa shape index (κ3) is 6.32. The molecule has 0 radical (unpaired) electrons. The van der Waals surface area contributed by atoms with Crippen LogP contribution in [0.15, 0.2) is 72.8 Å². The molecule has 0 aliphatic heterocycles. The second kappa shape index (κ2) is 8.74. The molecule has 0 atom stereocenters. The number of sulfonamides is 1. The van der Waals surface area contributed by atoms with E-state index in [2.05, 4.69) is 10.0 Å². The Balaban J connectivity index is 1.62. The van der Waals surface area contributed by atoms with E-state index >= 15 is 0 Å². The molecule has 3 aromatic carbocycles. The van der Waals surface area contributed by atoms with Crippen molar-refractivity contribution in [2.24, 2.45) is 0 Å². The summed E-state index contributed by atoms with van der Waals surface area (Å²) in [7, 11) is -3.36. The minimum atomic E-state index is -3.36. The number of rotatable bonds is 7. The monoisotopic (exact) mass is 414 g/mol. The smallest absolute Gasteiger partial charge is 0.255 e. The lowest BCUT2D eigenvalue weighted by Crippen LogP contribution is -2.12. The Labute approximate surface area is 168 Å². The average molecular weight is 414 g/mol. The van der Waals surface area contributed by atoms with Gasteiger partial charge in [-0.2, -0.15) is 0 Å². The summed E-state index contributed by atoms with van der Waals surface area (Å²) >= 11 is 0. The molecule has 0 heterocycles. The molecule has 0 bridgehead atoms. The summed E-state index contributed by atoms with van der Waals surface area (Å²) in [5.41, 5.74) is 2.14. The molecule has 6 nitrogen and oxygen atoms in total. The van der Waals surface area contributed by atoms with Crippen LogP contribution in [-0.4, -0.2) is 20.6 Å². The molecule has 0 spiro atoms. The second-order valence-corrected chi connectivity index (χ2v) is 8.10. The number of amides is 1. The summed E-state index contributed by atoms with van der Waals surface area (Å²) in [6.07, 6.45) is 1.06. The minimum absolute atomic E-state index is 0.250. The summed E-state index contributed by atoms with van der Waals surface area (Å²) in [4.78, 5) is 12.5. The summed E-state index contributed by atoms with van der Waals surface area (Å²) in [5.74, 6) is -0.136. The molecule has 8 heteroatoms. The molecule has 3 rings (SSSR count). The Morgan fingerprint density at radius 2 is 1.62 bits per heavy atom.